The minimum atomic E-state index is 0.0903. The van der Waals surface area contributed by atoms with Gasteiger partial charge in [-0.2, -0.15) is 0 Å². The van der Waals surface area contributed by atoms with Crippen molar-refractivity contribution in [2.75, 3.05) is 0 Å². The van der Waals surface area contributed by atoms with Crippen molar-refractivity contribution in [1.82, 2.24) is 14.5 Å². The fourth-order valence-electron chi connectivity index (χ4n) is 2.43. The summed E-state index contributed by atoms with van der Waals surface area (Å²) in [5.41, 5.74) is 1.91. The molecule has 0 amide bonds. The molecule has 1 aromatic carbocycles. The lowest BCUT2D eigenvalue weighted by atomic mass is 10.3. The van der Waals surface area contributed by atoms with E-state index in [2.05, 4.69) is 28.4 Å². The first kappa shape index (κ1) is 14.8. The fourth-order valence-corrected chi connectivity index (χ4v) is 3.69. The van der Waals surface area contributed by atoms with Gasteiger partial charge in [-0.3, -0.25) is 0 Å². The maximum absolute atomic E-state index is 6.13. The van der Waals surface area contributed by atoms with Gasteiger partial charge in [0.1, 0.15) is 10.8 Å². The minimum Gasteiger partial charge on any atom is -0.317 e. The Morgan fingerprint density at radius 1 is 1.38 bits per heavy atom. The van der Waals surface area contributed by atoms with Crippen molar-refractivity contribution < 1.29 is 0 Å². The lowest BCUT2D eigenvalue weighted by Gasteiger charge is -2.14. The zero-order chi connectivity index (χ0) is 15.0. The summed E-state index contributed by atoms with van der Waals surface area (Å²) >= 11 is 13.9. The molecule has 21 heavy (non-hydrogen) atoms. The molecule has 3 nitrogen and oxygen atoms in total. The van der Waals surface area contributed by atoms with Gasteiger partial charge in [-0.25, -0.2) is 9.97 Å². The predicted molar refractivity (Wildman–Crippen MR) is 89.6 cm³/mol. The monoisotopic (exact) mass is 339 g/mol. The van der Waals surface area contributed by atoms with Gasteiger partial charge in [-0.15, -0.1) is 22.9 Å². The van der Waals surface area contributed by atoms with Gasteiger partial charge < -0.3 is 4.57 Å². The number of imidazole rings is 1. The lowest BCUT2D eigenvalue weighted by Crippen LogP contribution is -2.09. The number of fused-ring (bicyclic) bond motifs is 1. The molecule has 0 aliphatic carbocycles. The van der Waals surface area contributed by atoms with Gasteiger partial charge >= 0.3 is 0 Å². The molecule has 0 spiro atoms. The molecular formula is C15H15Cl2N3S. The second-order valence-corrected chi connectivity index (χ2v) is 6.71. The third-order valence-electron chi connectivity index (χ3n) is 3.51. The van der Waals surface area contributed by atoms with E-state index in [4.69, 9.17) is 23.2 Å². The first-order valence-corrected chi connectivity index (χ1v) is 8.53. The maximum atomic E-state index is 6.13. The lowest BCUT2D eigenvalue weighted by molar-refractivity contribution is 0.630. The van der Waals surface area contributed by atoms with Gasteiger partial charge in [0.25, 0.3) is 0 Å². The van der Waals surface area contributed by atoms with Crippen molar-refractivity contribution >= 4 is 45.6 Å². The number of alkyl halides is 1. The van der Waals surface area contributed by atoms with E-state index in [0.29, 0.717) is 10.9 Å². The van der Waals surface area contributed by atoms with Crippen molar-refractivity contribution in [3.63, 3.8) is 0 Å². The molecule has 2 aromatic heterocycles. The number of aryl methyl sites for hydroxylation is 1. The number of aromatic nitrogens is 3. The van der Waals surface area contributed by atoms with Crippen LogP contribution in [-0.2, 0) is 12.3 Å². The van der Waals surface area contributed by atoms with Crippen molar-refractivity contribution in [3.8, 4) is 0 Å². The van der Waals surface area contributed by atoms with Crippen molar-refractivity contribution in [2.45, 2.75) is 32.2 Å². The maximum Gasteiger partial charge on any atom is 0.125 e. The normalized spacial score (nSPS) is 13.0. The summed E-state index contributed by atoms with van der Waals surface area (Å²) in [4.78, 5) is 10.4. The van der Waals surface area contributed by atoms with E-state index < -0.39 is 0 Å². The molecule has 3 rings (SSSR count). The number of nitrogens with zero attached hydrogens (tertiary/aromatic N) is 3. The number of rotatable bonds is 4. The third-order valence-corrected chi connectivity index (χ3v) is 5.29. The predicted octanol–water partition coefficient (Wildman–Crippen LogP) is 5.06. The van der Waals surface area contributed by atoms with Gasteiger partial charge in [0, 0.05) is 16.1 Å². The molecule has 0 bridgehead atoms. The molecule has 110 valence electrons. The van der Waals surface area contributed by atoms with Gasteiger partial charge in [0.2, 0.25) is 0 Å². The molecule has 0 saturated heterocycles. The third kappa shape index (κ3) is 2.68. The van der Waals surface area contributed by atoms with E-state index in [0.717, 1.165) is 28.3 Å². The molecule has 0 aliphatic rings. The van der Waals surface area contributed by atoms with Crippen molar-refractivity contribution in [1.29, 1.82) is 0 Å². The van der Waals surface area contributed by atoms with Crippen LogP contribution in [0.25, 0.3) is 11.0 Å². The topological polar surface area (TPSA) is 30.7 Å². The van der Waals surface area contributed by atoms with Crippen LogP contribution in [0.4, 0.5) is 0 Å². The average molecular weight is 340 g/mol. The van der Waals surface area contributed by atoms with E-state index in [1.54, 1.807) is 11.3 Å². The molecular weight excluding hydrogens is 325 g/mol. The van der Waals surface area contributed by atoms with Crippen LogP contribution in [0.5, 0.6) is 0 Å². The molecule has 0 aliphatic heterocycles. The molecule has 0 radical (unpaired) electrons. The van der Waals surface area contributed by atoms with E-state index in [1.165, 1.54) is 4.88 Å². The number of halogens is 2. The average Bonchev–Trinajstić information content (AvgIpc) is 3.10. The summed E-state index contributed by atoms with van der Waals surface area (Å²) in [5, 5.41) is 1.77. The first-order valence-electron chi connectivity index (χ1n) is 6.81. The SMILES string of the molecule is CCc1cnc(C(C)n2c(CCl)nc3ccc(Cl)cc32)s1. The molecule has 1 atom stereocenters. The zero-order valence-corrected chi connectivity index (χ0v) is 14.1. The van der Waals surface area contributed by atoms with Gasteiger partial charge in [-0.1, -0.05) is 18.5 Å². The number of hydrogen-bond acceptors (Lipinski definition) is 3. The van der Waals surface area contributed by atoms with Crippen LogP contribution in [0.3, 0.4) is 0 Å². The van der Waals surface area contributed by atoms with Gasteiger partial charge in [-0.05, 0) is 31.5 Å². The first-order chi connectivity index (χ1) is 10.1. The number of hydrogen-bond donors (Lipinski definition) is 0. The van der Waals surface area contributed by atoms with Crippen LogP contribution >= 0.6 is 34.5 Å². The summed E-state index contributed by atoms with van der Waals surface area (Å²) in [7, 11) is 0. The highest BCUT2D eigenvalue weighted by molar-refractivity contribution is 7.11. The highest BCUT2D eigenvalue weighted by Gasteiger charge is 2.19. The highest BCUT2D eigenvalue weighted by atomic mass is 35.5. The van der Waals surface area contributed by atoms with E-state index in [1.807, 2.05) is 24.4 Å². The largest absolute Gasteiger partial charge is 0.317 e. The Kier molecular flexibility index (Phi) is 4.20. The quantitative estimate of drug-likeness (QED) is 0.622. The second kappa shape index (κ2) is 5.95. The van der Waals surface area contributed by atoms with Crippen molar-refractivity contribution in [3.05, 3.63) is 45.1 Å². The molecule has 0 saturated carbocycles. The van der Waals surface area contributed by atoms with Gasteiger partial charge in [0.15, 0.2) is 0 Å². The molecule has 3 aromatic rings. The van der Waals surface area contributed by atoms with Crippen LogP contribution < -0.4 is 0 Å². The Morgan fingerprint density at radius 3 is 2.86 bits per heavy atom. The second-order valence-electron chi connectivity index (χ2n) is 4.86. The van der Waals surface area contributed by atoms with E-state index in [9.17, 15) is 0 Å². The summed E-state index contributed by atoms with van der Waals surface area (Å²) in [6, 6.07) is 5.80. The Balaban J connectivity index is 2.15. The minimum absolute atomic E-state index is 0.0903. The zero-order valence-electron chi connectivity index (χ0n) is 11.8. The Bertz CT molecular complexity index is 778. The van der Waals surface area contributed by atoms with E-state index >= 15 is 0 Å². The molecule has 0 fully saturated rings. The standard InChI is InChI=1S/C15H15Cl2N3S/c1-3-11-8-18-15(21-11)9(2)20-13-6-10(17)4-5-12(13)19-14(20)7-16/h4-6,8-9H,3,7H2,1-2H3. The summed E-state index contributed by atoms with van der Waals surface area (Å²) in [5.74, 6) is 1.21. The van der Waals surface area contributed by atoms with Crippen LogP contribution in [0, 0.1) is 0 Å². The highest BCUT2D eigenvalue weighted by Crippen LogP contribution is 2.30. The summed E-state index contributed by atoms with van der Waals surface area (Å²) in [6.07, 6.45) is 2.95. The Hall–Kier alpha value is -1.10. The summed E-state index contributed by atoms with van der Waals surface area (Å²) in [6.45, 7) is 4.26. The fraction of sp³-hybridized carbons (Fsp3) is 0.333. The number of thiazole rings is 1. The van der Waals surface area contributed by atoms with Crippen LogP contribution in [0.1, 0.15) is 35.6 Å². The van der Waals surface area contributed by atoms with Crippen LogP contribution in [-0.4, -0.2) is 14.5 Å². The molecule has 2 heterocycles. The van der Waals surface area contributed by atoms with Gasteiger partial charge in [0.05, 0.1) is 23.0 Å². The van der Waals surface area contributed by atoms with Crippen molar-refractivity contribution in [2.24, 2.45) is 0 Å². The number of benzene rings is 1. The van der Waals surface area contributed by atoms with Crippen LogP contribution in [0.2, 0.25) is 5.02 Å². The summed E-state index contributed by atoms with van der Waals surface area (Å²) < 4.78 is 2.13. The van der Waals surface area contributed by atoms with Crippen LogP contribution in [0.15, 0.2) is 24.4 Å². The molecule has 0 N–H and O–H groups in total. The molecule has 6 heteroatoms. The Labute approximate surface area is 137 Å². The van der Waals surface area contributed by atoms with E-state index in [-0.39, 0.29) is 6.04 Å². The molecule has 1 unspecified atom stereocenters. The smallest absolute Gasteiger partial charge is 0.125 e. The Morgan fingerprint density at radius 2 is 2.19 bits per heavy atom.